The van der Waals surface area contributed by atoms with Gasteiger partial charge in [-0.3, -0.25) is 9.59 Å². The second kappa shape index (κ2) is 14.5. The van der Waals surface area contributed by atoms with Gasteiger partial charge in [-0.15, -0.1) is 0 Å². The van der Waals surface area contributed by atoms with Crippen LogP contribution in [0.25, 0.3) is 0 Å². The fourth-order valence-corrected chi connectivity index (χ4v) is 12.2. The molecule has 1 aromatic carbocycles. The normalized spacial score (nSPS) is 38.9. The van der Waals surface area contributed by atoms with E-state index in [9.17, 15) is 24.6 Å². The van der Waals surface area contributed by atoms with Crippen molar-refractivity contribution in [2.75, 3.05) is 12.5 Å². The molecule has 0 aromatic heterocycles. The van der Waals surface area contributed by atoms with Gasteiger partial charge in [-0.1, -0.05) is 44.7 Å². The SMILES string of the molecule is C[C@H](CCC(=O)OCOC(=O)c1cccc(CCC2CCCSC2=O)c1)C1CCC2C3CC[C@@H]4C[C@H](O)CCC4(C)C3C[C@H](O)[C@@]21C. The van der Waals surface area contributed by atoms with Crippen LogP contribution in [-0.2, 0) is 25.5 Å². The second-order valence-electron chi connectivity index (χ2n) is 16.2. The number of benzene rings is 1. The van der Waals surface area contributed by atoms with Crippen molar-refractivity contribution in [3.63, 3.8) is 0 Å². The summed E-state index contributed by atoms with van der Waals surface area (Å²) in [6, 6.07) is 7.28. The molecule has 0 bridgehead atoms. The zero-order valence-corrected chi connectivity index (χ0v) is 29.5. The minimum atomic E-state index is -0.529. The molecule has 1 aliphatic heterocycles. The van der Waals surface area contributed by atoms with Gasteiger partial charge in [0, 0.05) is 18.1 Å². The molecule has 260 valence electrons. The molecule has 1 heterocycles. The van der Waals surface area contributed by atoms with Gasteiger partial charge in [-0.05, 0) is 148 Å². The third-order valence-corrected chi connectivity index (χ3v) is 15.0. The highest BCUT2D eigenvalue weighted by molar-refractivity contribution is 8.13. The topological polar surface area (TPSA) is 110 Å². The van der Waals surface area contributed by atoms with E-state index in [4.69, 9.17) is 9.47 Å². The van der Waals surface area contributed by atoms with Crippen LogP contribution in [0.2, 0.25) is 0 Å². The predicted molar refractivity (Wildman–Crippen MR) is 182 cm³/mol. The van der Waals surface area contributed by atoms with E-state index >= 15 is 0 Å². The minimum absolute atomic E-state index is 0.0889. The van der Waals surface area contributed by atoms with Gasteiger partial charge in [0.1, 0.15) is 0 Å². The first kappa shape index (κ1) is 34.9. The van der Waals surface area contributed by atoms with Crippen LogP contribution in [0.3, 0.4) is 0 Å². The van der Waals surface area contributed by atoms with Gasteiger partial charge in [0.05, 0.1) is 17.8 Å². The Morgan fingerprint density at radius 3 is 2.66 bits per heavy atom. The van der Waals surface area contributed by atoms with Crippen molar-refractivity contribution >= 4 is 28.8 Å². The lowest BCUT2D eigenvalue weighted by Crippen LogP contribution is -2.58. The Hall–Kier alpha value is -1.90. The highest BCUT2D eigenvalue weighted by atomic mass is 32.2. The van der Waals surface area contributed by atoms with Crippen molar-refractivity contribution in [3.8, 4) is 0 Å². The molecule has 4 aliphatic carbocycles. The van der Waals surface area contributed by atoms with E-state index < -0.39 is 12.8 Å². The second-order valence-corrected chi connectivity index (χ2v) is 17.3. The highest BCUT2D eigenvalue weighted by Gasteiger charge is 2.63. The summed E-state index contributed by atoms with van der Waals surface area (Å²) >= 11 is 1.43. The van der Waals surface area contributed by atoms with Gasteiger partial charge in [-0.2, -0.15) is 0 Å². The van der Waals surface area contributed by atoms with Crippen molar-refractivity contribution in [1.29, 1.82) is 0 Å². The Kier molecular flexibility index (Phi) is 10.8. The number of aliphatic hydroxyl groups is 2. The Morgan fingerprint density at radius 2 is 1.85 bits per heavy atom. The molecule has 2 N–H and O–H groups in total. The van der Waals surface area contributed by atoms with Crippen molar-refractivity contribution in [2.24, 2.45) is 52.3 Å². The van der Waals surface area contributed by atoms with Crippen LogP contribution >= 0.6 is 11.8 Å². The number of hydrogen-bond donors (Lipinski definition) is 2. The number of ether oxygens (including phenoxy) is 2. The molecule has 7 nitrogen and oxygen atoms in total. The van der Waals surface area contributed by atoms with Crippen LogP contribution in [0.15, 0.2) is 24.3 Å². The molecule has 0 radical (unpaired) electrons. The van der Waals surface area contributed by atoms with Crippen LogP contribution in [0.1, 0.15) is 120 Å². The first-order chi connectivity index (χ1) is 22.5. The van der Waals surface area contributed by atoms with Gasteiger partial charge >= 0.3 is 11.9 Å². The Balaban J connectivity index is 0.958. The molecule has 5 aliphatic rings. The molecular formula is C39H56O7S. The Morgan fingerprint density at radius 1 is 1.02 bits per heavy atom. The average molecular weight is 669 g/mol. The van der Waals surface area contributed by atoms with Gasteiger partial charge in [-0.25, -0.2) is 4.79 Å². The first-order valence-electron chi connectivity index (χ1n) is 18.4. The average Bonchev–Trinajstić information content (AvgIpc) is 3.43. The Labute approximate surface area is 285 Å². The lowest BCUT2D eigenvalue weighted by atomic mass is 9.43. The van der Waals surface area contributed by atoms with E-state index in [1.807, 2.05) is 12.1 Å². The quantitative estimate of drug-likeness (QED) is 0.197. The van der Waals surface area contributed by atoms with Crippen molar-refractivity contribution in [2.45, 2.75) is 123 Å². The number of hydrogen-bond acceptors (Lipinski definition) is 8. The molecule has 4 saturated carbocycles. The zero-order valence-electron chi connectivity index (χ0n) is 28.7. The number of carbonyl (C=O) groups excluding carboxylic acids is 3. The monoisotopic (exact) mass is 668 g/mol. The molecular weight excluding hydrogens is 612 g/mol. The molecule has 47 heavy (non-hydrogen) atoms. The lowest BCUT2D eigenvalue weighted by Gasteiger charge is -2.62. The predicted octanol–water partition coefficient (Wildman–Crippen LogP) is 7.35. The Bertz CT molecular complexity index is 1300. The van der Waals surface area contributed by atoms with Gasteiger partial charge < -0.3 is 19.7 Å². The number of aryl methyl sites for hydroxylation is 1. The highest BCUT2D eigenvalue weighted by Crippen LogP contribution is 2.68. The number of rotatable bonds is 10. The molecule has 0 amide bonds. The largest absolute Gasteiger partial charge is 0.428 e. The molecule has 8 heteroatoms. The molecule has 5 fully saturated rings. The maximum Gasteiger partial charge on any atom is 0.341 e. The zero-order chi connectivity index (χ0) is 33.3. The summed E-state index contributed by atoms with van der Waals surface area (Å²) in [5, 5.41) is 22.4. The summed E-state index contributed by atoms with van der Waals surface area (Å²) in [5.74, 6) is 2.97. The van der Waals surface area contributed by atoms with Gasteiger partial charge in [0.2, 0.25) is 6.79 Å². The van der Waals surface area contributed by atoms with Crippen LogP contribution in [0.4, 0.5) is 0 Å². The van der Waals surface area contributed by atoms with Crippen LogP contribution in [-0.4, -0.2) is 52.0 Å². The molecule has 0 spiro atoms. The molecule has 1 saturated heterocycles. The first-order valence-corrected chi connectivity index (χ1v) is 19.4. The smallest absolute Gasteiger partial charge is 0.341 e. The number of carbonyl (C=O) groups is 3. The number of fused-ring (bicyclic) bond motifs is 5. The third-order valence-electron chi connectivity index (χ3n) is 13.9. The summed E-state index contributed by atoms with van der Waals surface area (Å²) < 4.78 is 10.6. The van der Waals surface area contributed by atoms with E-state index in [0.29, 0.717) is 41.6 Å². The molecule has 11 atom stereocenters. The summed E-state index contributed by atoms with van der Waals surface area (Å²) in [6.45, 7) is 6.59. The summed E-state index contributed by atoms with van der Waals surface area (Å²) in [4.78, 5) is 37.5. The summed E-state index contributed by atoms with van der Waals surface area (Å²) in [6.07, 6.45) is 12.3. The molecule has 6 unspecified atom stereocenters. The van der Waals surface area contributed by atoms with Crippen LogP contribution in [0.5, 0.6) is 0 Å². The van der Waals surface area contributed by atoms with E-state index in [1.54, 1.807) is 12.1 Å². The van der Waals surface area contributed by atoms with E-state index in [2.05, 4.69) is 20.8 Å². The minimum Gasteiger partial charge on any atom is -0.428 e. The van der Waals surface area contributed by atoms with Gasteiger partial charge in [0.25, 0.3) is 0 Å². The fourth-order valence-electron chi connectivity index (χ4n) is 11.2. The van der Waals surface area contributed by atoms with E-state index in [0.717, 1.165) is 75.5 Å². The van der Waals surface area contributed by atoms with Gasteiger partial charge in [0.15, 0.2) is 5.12 Å². The summed E-state index contributed by atoms with van der Waals surface area (Å²) in [7, 11) is 0. The van der Waals surface area contributed by atoms with Crippen molar-refractivity contribution in [3.05, 3.63) is 35.4 Å². The third kappa shape index (κ3) is 7.08. The number of esters is 2. The number of thioether (sulfide) groups is 1. The maximum absolute atomic E-state index is 12.7. The maximum atomic E-state index is 12.7. The number of aliphatic hydroxyl groups excluding tert-OH is 2. The molecule has 1 aromatic rings. The van der Waals surface area contributed by atoms with E-state index in [-0.39, 0.29) is 52.4 Å². The van der Waals surface area contributed by atoms with Crippen molar-refractivity contribution < 1.29 is 34.1 Å². The van der Waals surface area contributed by atoms with Crippen LogP contribution in [0, 0.1) is 52.3 Å². The van der Waals surface area contributed by atoms with E-state index in [1.165, 1.54) is 24.6 Å². The van der Waals surface area contributed by atoms with Crippen molar-refractivity contribution in [1.82, 2.24) is 0 Å². The standard InChI is InChI=1S/C39H56O7S/c1-24(31-14-15-32-30-13-12-28-21-29(40)17-18-38(28,2)33(30)22-34(41)39(31,32)3)9-16-35(42)45-23-46-36(43)27-7-4-6-25(20-27)10-11-26-8-5-19-47-37(26)44/h4,6-7,20,24,26,28-34,40-41H,5,8-19,21-23H2,1-3H3/t24-,26?,28-,29-,30?,31?,32?,33?,34+,38?,39-/m1/s1. The lowest BCUT2D eigenvalue weighted by molar-refractivity contribution is -0.175. The molecule has 6 rings (SSSR count). The summed E-state index contributed by atoms with van der Waals surface area (Å²) in [5.41, 5.74) is 1.49. The van der Waals surface area contributed by atoms with Crippen LogP contribution < -0.4 is 0 Å². The fraction of sp³-hybridized carbons (Fsp3) is 0.769.